The second-order valence-corrected chi connectivity index (χ2v) is 6.86. The van der Waals surface area contributed by atoms with E-state index in [2.05, 4.69) is 5.32 Å². The molecule has 0 aromatic heterocycles. The lowest BCUT2D eigenvalue weighted by Crippen LogP contribution is -2.29. The average molecular weight is 425 g/mol. The highest BCUT2D eigenvalue weighted by molar-refractivity contribution is 6.40. The van der Waals surface area contributed by atoms with E-state index in [-0.39, 0.29) is 22.0 Å². The van der Waals surface area contributed by atoms with Crippen LogP contribution >= 0.6 is 11.6 Å². The van der Waals surface area contributed by atoms with Crippen molar-refractivity contribution in [2.75, 3.05) is 17.3 Å². The van der Waals surface area contributed by atoms with Crippen molar-refractivity contribution < 1.29 is 23.5 Å². The molecule has 1 heterocycles. The van der Waals surface area contributed by atoms with Gasteiger partial charge in [-0.05, 0) is 48.5 Å². The quantitative estimate of drug-likeness (QED) is 0.624. The van der Waals surface area contributed by atoms with Crippen LogP contribution < -0.4 is 15.0 Å². The molecule has 0 aliphatic carbocycles. The molecule has 3 aromatic rings. The van der Waals surface area contributed by atoms with Gasteiger partial charge in [0.1, 0.15) is 11.6 Å². The summed E-state index contributed by atoms with van der Waals surface area (Å²) in [4.78, 5) is 38.8. The van der Waals surface area contributed by atoms with E-state index < -0.39 is 23.5 Å². The van der Waals surface area contributed by atoms with Crippen LogP contribution in [0.25, 0.3) is 0 Å². The van der Waals surface area contributed by atoms with Crippen LogP contribution in [0.5, 0.6) is 5.75 Å². The molecular formula is C22H14ClFN2O4. The van der Waals surface area contributed by atoms with Gasteiger partial charge < -0.3 is 10.1 Å². The van der Waals surface area contributed by atoms with Gasteiger partial charge in [-0.1, -0.05) is 23.7 Å². The van der Waals surface area contributed by atoms with E-state index in [9.17, 15) is 18.8 Å². The van der Waals surface area contributed by atoms with Crippen LogP contribution in [0.3, 0.4) is 0 Å². The Morgan fingerprint density at radius 2 is 1.67 bits per heavy atom. The van der Waals surface area contributed by atoms with Crippen molar-refractivity contribution in [1.82, 2.24) is 0 Å². The minimum atomic E-state index is -0.601. The minimum absolute atomic E-state index is 0.0121. The van der Waals surface area contributed by atoms with E-state index in [1.165, 1.54) is 37.4 Å². The van der Waals surface area contributed by atoms with Crippen LogP contribution in [0.1, 0.15) is 31.1 Å². The molecule has 0 saturated heterocycles. The van der Waals surface area contributed by atoms with Gasteiger partial charge in [-0.15, -0.1) is 0 Å². The molecule has 6 nitrogen and oxygen atoms in total. The molecule has 0 atom stereocenters. The Morgan fingerprint density at radius 1 is 1.00 bits per heavy atom. The fourth-order valence-electron chi connectivity index (χ4n) is 3.23. The SMILES string of the molecule is COc1ccc(F)cc1C(=O)Nc1ccc(N2C(=O)c3ccccc3C2=O)c(Cl)c1. The number of halogens is 2. The predicted octanol–water partition coefficient (Wildman–Crippen LogP) is 4.54. The van der Waals surface area contributed by atoms with Crippen molar-refractivity contribution in [3.8, 4) is 5.75 Å². The molecule has 1 N–H and O–H groups in total. The summed E-state index contributed by atoms with van der Waals surface area (Å²) in [5.74, 6) is -1.92. The molecule has 1 aliphatic heterocycles. The number of rotatable bonds is 4. The summed E-state index contributed by atoms with van der Waals surface area (Å²) in [5.41, 5.74) is 1.11. The van der Waals surface area contributed by atoms with E-state index in [4.69, 9.17) is 16.3 Å². The maximum absolute atomic E-state index is 13.5. The zero-order valence-corrected chi connectivity index (χ0v) is 16.4. The minimum Gasteiger partial charge on any atom is -0.496 e. The molecule has 30 heavy (non-hydrogen) atoms. The summed E-state index contributed by atoms with van der Waals surface area (Å²) in [6.07, 6.45) is 0. The lowest BCUT2D eigenvalue weighted by Gasteiger charge is -2.17. The van der Waals surface area contributed by atoms with E-state index in [1.807, 2.05) is 0 Å². The van der Waals surface area contributed by atoms with E-state index in [0.29, 0.717) is 16.8 Å². The Balaban J connectivity index is 1.61. The summed E-state index contributed by atoms with van der Waals surface area (Å²) < 4.78 is 18.6. The first-order chi connectivity index (χ1) is 14.4. The summed E-state index contributed by atoms with van der Waals surface area (Å²) >= 11 is 6.31. The number of methoxy groups -OCH3 is 1. The number of nitrogens with one attached hydrogen (secondary N) is 1. The standard InChI is InChI=1S/C22H14ClFN2O4/c1-30-19-9-6-12(24)10-16(19)20(27)25-13-7-8-18(17(23)11-13)26-21(28)14-4-2-3-5-15(14)22(26)29/h2-11H,1H3,(H,25,27). The van der Waals surface area contributed by atoms with Crippen LogP contribution in [0.15, 0.2) is 60.7 Å². The molecule has 0 unspecified atom stereocenters. The third kappa shape index (κ3) is 3.29. The molecule has 3 amide bonds. The fraction of sp³-hybridized carbons (Fsp3) is 0.0455. The summed E-state index contributed by atoms with van der Waals surface area (Å²) in [6, 6.07) is 14.5. The number of hydrogen-bond donors (Lipinski definition) is 1. The molecule has 150 valence electrons. The molecule has 0 bridgehead atoms. The fourth-order valence-corrected chi connectivity index (χ4v) is 3.50. The number of amides is 3. The molecule has 0 radical (unpaired) electrons. The van der Waals surface area contributed by atoms with Gasteiger partial charge in [-0.25, -0.2) is 9.29 Å². The zero-order valence-electron chi connectivity index (χ0n) is 15.6. The van der Waals surface area contributed by atoms with Crippen molar-refractivity contribution in [3.05, 3.63) is 88.2 Å². The van der Waals surface area contributed by atoms with Crippen LogP contribution in [-0.2, 0) is 0 Å². The van der Waals surface area contributed by atoms with Gasteiger partial charge in [0.25, 0.3) is 17.7 Å². The predicted molar refractivity (Wildman–Crippen MR) is 110 cm³/mol. The van der Waals surface area contributed by atoms with Crippen LogP contribution in [0.2, 0.25) is 5.02 Å². The monoisotopic (exact) mass is 424 g/mol. The number of anilines is 2. The Hall–Kier alpha value is -3.71. The molecule has 0 fully saturated rings. The zero-order chi connectivity index (χ0) is 21.4. The van der Waals surface area contributed by atoms with Gasteiger partial charge in [-0.2, -0.15) is 0 Å². The van der Waals surface area contributed by atoms with Gasteiger partial charge in [0.15, 0.2) is 0 Å². The summed E-state index contributed by atoms with van der Waals surface area (Å²) in [7, 11) is 1.37. The molecule has 1 aliphatic rings. The number of carbonyl (C=O) groups is 3. The van der Waals surface area contributed by atoms with Crippen molar-refractivity contribution in [2.45, 2.75) is 0 Å². The Morgan fingerprint density at radius 3 is 2.27 bits per heavy atom. The van der Waals surface area contributed by atoms with Crippen molar-refractivity contribution >= 4 is 40.7 Å². The smallest absolute Gasteiger partial charge is 0.266 e. The Bertz CT molecular complexity index is 1180. The van der Waals surface area contributed by atoms with Gasteiger partial charge >= 0.3 is 0 Å². The number of benzene rings is 3. The normalized spacial score (nSPS) is 12.7. The summed E-state index contributed by atoms with van der Waals surface area (Å²) in [5, 5.41) is 2.69. The van der Waals surface area contributed by atoms with Gasteiger partial charge in [0, 0.05) is 5.69 Å². The number of carbonyl (C=O) groups excluding carboxylic acids is 3. The first-order valence-electron chi connectivity index (χ1n) is 8.83. The van der Waals surface area contributed by atoms with Crippen LogP contribution in [0.4, 0.5) is 15.8 Å². The highest BCUT2D eigenvalue weighted by atomic mass is 35.5. The Labute approximate surface area is 175 Å². The number of imide groups is 1. The van der Waals surface area contributed by atoms with Crippen molar-refractivity contribution in [3.63, 3.8) is 0 Å². The largest absolute Gasteiger partial charge is 0.496 e. The molecule has 0 spiro atoms. The Kier molecular flexibility index (Phi) is 4.97. The van der Waals surface area contributed by atoms with Crippen molar-refractivity contribution in [2.24, 2.45) is 0 Å². The highest BCUT2D eigenvalue weighted by Crippen LogP contribution is 2.35. The van der Waals surface area contributed by atoms with Crippen LogP contribution in [-0.4, -0.2) is 24.8 Å². The lowest BCUT2D eigenvalue weighted by molar-refractivity contribution is 0.0924. The van der Waals surface area contributed by atoms with Crippen molar-refractivity contribution in [1.29, 1.82) is 0 Å². The number of nitrogens with zero attached hydrogens (tertiary/aromatic N) is 1. The molecule has 4 rings (SSSR count). The molecular weight excluding hydrogens is 411 g/mol. The second-order valence-electron chi connectivity index (χ2n) is 6.46. The maximum atomic E-state index is 13.5. The average Bonchev–Trinajstić information content (AvgIpc) is 2.99. The number of fused-ring (bicyclic) bond motifs is 1. The topological polar surface area (TPSA) is 75.7 Å². The van der Waals surface area contributed by atoms with E-state index >= 15 is 0 Å². The number of hydrogen-bond acceptors (Lipinski definition) is 4. The van der Waals surface area contributed by atoms with Gasteiger partial charge in [-0.3, -0.25) is 14.4 Å². The van der Waals surface area contributed by atoms with E-state index in [1.54, 1.807) is 24.3 Å². The third-order valence-electron chi connectivity index (χ3n) is 4.65. The van der Waals surface area contributed by atoms with Gasteiger partial charge in [0.2, 0.25) is 0 Å². The third-order valence-corrected chi connectivity index (χ3v) is 4.95. The molecule has 8 heteroatoms. The summed E-state index contributed by atoms with van der Waals surface area (Å²) in [6.45, 7) is 0. The first-order valence-corrected chi connectivity index (χ1v) is 9.20. The number of ether oxygens (including phenoxy) is 1. The highest BCUT2D eigenvalue weighted by Gasteiger charge is 2.37. The molecule has 3 aromatic carbocycles. The second kappa shape index (κ2) is 7.61. The maximum Gasteiger partial charge on any atom is 0.266 e. The van der Waals surface area contributed by atoms with E-state index in [0.717, 1.165) is 11.0 Å². The molecule has 0 saturated carbocycles. The van der Waals surface area contributed by atoms with Crippen LogP contribution in [0, 0.1) is 5.82 Å². The lowest BCUT2D eigenvalue weighted by atomic mass is 10.1. The van der Waals surface area contributed by atoms with Gasteiger partial charge in [0.05, 0.1) is 34.5 Å². The first kappa shape index (κ1) is 19.6.